The molecule has 6 nitrogen and oxygen atoms in total. The predicted octanol–water partition coefficient (Wildman–Crippen LogP) is 3.31. The minimum atomic E-state index is -0.253. The maximum Gasteiger partial charge on any atom is 0.348 e. The molecule has 4 aromatic rings. The lowest BCUT2D eigenvalue weighted by molar-refractivity contribution is 0.185. The summed E-state index contributed by atoms with van der Waals surface area (Å²) in [7, 11) is 3.33. The average molecular weight is 349 g/mol. The van der Waals surface area contributed by atoms with Crippen molar-refractivity contribution in [3.63, 3.8) is 0 Å². The molecule has 26 heavy (non-hydrogen) atoms. The van der Waals surface area contributed by atoms with E-state index < -0.39 is 0 Å². The first-order valence-electron chi connectivity index (χ1n) is 8.29. The van der Waals surface area contributed by atoms with Crippen molar-refractivity contribution in [3.05, 3.63) is 64.1 Å². The highest BCUT2D eigenvalue weighted by molar-refractivity contribution is 5.92. The Balaban J connectivity index is 2.00. The van der Waals surface area contributed by atoms with Gasteiger partial charge in [-0.2, -0.15) is 5.10 Å². The molecule has 132 valence electrons. The number of hydrogen-bond acceptors (Lipinski definition) is 4. The summed E-state index contributed by atoms with van der Waals surface area (Å²) in [6, 6.07) is 14.0. The molecule has 0 saturated carbocycles. The van der Waals surface area contributed by atoms with Crippen molar-refractivity contribution in [2.75, 3.05) is 14.2 Å². The van der Waals surface area contributed by atoms with E-state index in [2.05, 4.69) is 10.2 Å². The van der Waals surface area contributed by atoms with E-state index in [0.29, 0.717) is 12.3 Å². The Morgan fingerprint density at radius 2 is 1.88 bits per heavy atom. The zero-order valence-corrected chi connectivity index (χ0v) is 14.9. The molecule has 0 spiro atoms. The van der Waals surface area contributed by atoms with Gasteiger partial charge in [-0.3, -0.25) is 0 Å². The van der Waals surface area contributed by atoms with Crippen LogP contribution in [0.2, 0.25) is 0 Å². The quantitative estimate of drug-likeness (QED) is 0.614. The Morgan fingerprint density at radius 1 is 1.12 bits per heavy atom. The summed E-state index contributed by atoms with van der Waals surface area (Å²) in [4.78, 5) is 12.2. The lowest BCUT2D eigenvalue weighted by Gasteiger charge is -2.13. The summed E-state index contributed by atoms with van der Waals surface area (Å²) < 4.78 is 12.4. The molecule has 0 amide bonds. The van der Waals surface area contributed by atoms with Crippen LogP contribution in [-0.2, 0) is 11.3 Å². The van der Waals surface area contributed by atoms with E-state index in [0.717, 1.165) is 38.9 Å². The maximum atomic E-state index is 12.2. The number of aromatic amines is 1. The molecule has 4 rings (SSSR count). The highest BCUT2D eigenvalue weighted by Gasteiger charge is 2.14. The first kappa shape index (κ1) is 16.4. The van der Waals surface area contributed by atoms with E-state index in [-0.39, 0.29) is 5.69 Å². The summed E-state index contributed by atoms with van der Waals surface area (Å²) in [5.41, 5.74) is 5.21. The van der Waals surface area contributed by atoms with Crippen molar-refractivity contribution >= 4 is 16.6 Å². The van der Waals surface area contributed by atoms with E-state index in [1.54, 1.807) is 18.6 Å². The second kappa shape index (κ2) is 6.31. The maximum absolute atomic E-state index is 12.2. The monoisotopic (exact) mass is 349 g/mol. The van der Waals surface area contributed by atoms with Crippen LogP contribution in [0.15, 0.2) is 47.3 Å². The number of aryl methyl sites for hydroxylation is 1. The van der Waals surface area contributed by atoms with Crippen molar-refractivity contribution in [2.24, 2.45) is 0 Å². The topological polar surface area (TPSA) is 68.6 Å². The third-order valence-corrected chi connectivity index (χ3v) is 4.60. The Labute approximate surface area is 150 Å². The van der Waals surface area contributed by atoms with E-state index in [4.69, 9.17) is 9.47 Å². The van der Waals surface area contributed by atoms with E-state index in [1.807, 2.05) is 49.4 Å². The molecule has 0 aliphatic heterocycles. The van der Waals surface area contributed by atoms with Crippen LogP contribution in [0.3, 0.4) is 0 Å². The molecule has 0 saturated heterocycles. The van der Waals surface area contributed by atoms with Gasteiger partial charge in [-0.1, -0.05) is 24.3 Å². The third-order valence-electron chi connectivity index (χ3n) is 4.60. The van der Waals surface area contributed by atoms with Crippen LogP contribution in [0.25, 0.3) is 27.7 Å². The van der Waals surface area contributed by atoms with Crippen LogP contribution < -0.4 is 10.4 Å². The molecule has 1 N–H and O–H groups in total. The number of nitrogens with zero attached hydrogens (tertiary/aromatic N) is 2. The van der Waals surface area contributed by atoms with Gasteiger partial charge in [0.15, 0.2) is 5.65 Å². The van der Waals surface area contributed by atoms with Gasteiger partial charge < -0.3 is 9.47 Å². The van der Waals surface area contributed by atoms with Gasteiger partial charge in [0.2, 0.25) is 0 Å². The Kier molecular flexibility index (Phi) is 3.97. The van der Waals surface area contributed by atoms with Gasteiger partial charge in [-0.15, -0.1) is 0 Å². The summed E-state index contributed by atoms with van der Waals surface area (Å²) in [6.45, 7) is 2.57. The molecule has 6 heteroatoms. The SMILES string of the molecule is COCc1ccc(-c2cc3c(cc2OC)c(C)cc2n[nH]c(=O)n23)cc1. The number of methoxy groups -OCH3 is 2. The van der Waals surface area contributed by atoms with Crippen molar-refractivity contribution in [3.8, 4) is 16.9 Å². The molecule has 0 bridgehead atoms. The van der Waals surface area contributed by atoms with Gasteiger partial charge in [0.1, 0.15) is 5.75 Å². The minimum Gasteiger partial charge on any atom is -0.496 e. The fourth-order valence-electron chi connectivity index (χ4n) is 3.32. The second-order valence-corrected chi connectivity index (χ2v) is 6.25. The largest absolute Gasteiger partial charge is 0.496 e. The lowest BCUT2D eigenvalue weighted by Crippen LogP contribution is -2.10. The summed E-state index contributed by atoms with van der Waals surface area (Å²) in [6.07, 6.45) is 0. The molecule has 2 heterocycles. The highest BCUT2D eigenvalue weighted by atomic mass is 16.5. The minimum absolute atomic E-state index is 0.253. The van der Waals surface area contributed by atoms with E-state index >= 15 is 0 Å². The highest BCUT2D eigenvalue weighted by Crippen LogP contribution is 2.35. The van der Waals surface area contributed by atoms with Crippen molar-refractivity contribution < 1.29 is 9.47 Å². The number of hydrogen-bond donors (Lipinski definition) is 1. The Hall–Kier alpha value is -3.12. The first-order chi connectivity index (χ1) is 12.6. The van der Waals surface area contributed by atoms with Gasteiger partial charge in [-0.25, -0.2) is 14.3 Å². The predicted molar refractivity (Wildman–Crippen MR) is 101 cm³/mol. The summed E-state index contributed by atoms with van der Waals surface area (Å²) in [5.74, 6) is 0.760. The van der Waals surface area contributed by atoms with Crippen LogP contribution >= 0.6 is 0 Å². The molecule has 0 aliphatic rings. The van der Waals surface area contributed by atoms with Crippen LogP contribution in [-0.4, -0.2) is 28.8 Å². The number of nitrogens with one attached hydrogen (secondary N) is 1. The molecule has 0 radical (unpaired) electrons. The molecule has 0 unspecified atom stereocenters. The van der Waals surface area contributed by atoms with Gasteiger partial charge in [0.25, 0.3) is 0 Å². The standard InChI is InChI=1S/C20H19N3O3/c1-12-8-19-21-22-20(24)23(19)17-9-16(18(26-3)10-15(12)17)14-6-4-13(5-7-14)11-25-2/h4-10H,11H2,1-3H3,(H,22,24). The molecule has 2 aromatic carbocycles. The van der Waals surface area contributed by atoms with E-state index in [1.165, 1.54) is 0 Å². The number of fused-ring (bicyclic) bond motifs is 3. The molecular weight excluding hydrogens is 330 g/mol. The molecule has 0 aliphatic carbocycles. The van der Waals surface area contributed by atoms with Crippen molar-refractivity contribution in [2.45, 2.75) is 13.5 Å². The van der Waals surface area contributed by atoms with Crippen molar-refractivity contribution in [1.82, 2.24) is 14.6 Å². The second-order valence-electron chi connectivity index (χ2n) is 6.25. The first-order valence-corrected chi connectivity index (χ1v) is 8.29. The normalized spacial score (nSPS) is 11.3. The van der Waals surface area contributed by atoms with Crippen LogP contribution in [0.1, 0.15) is 11.1 Å². The number of rotatable bonds is 4. The summed E-state index contributed by atoms with van der Waals surface area (Å²) >= 11 is 0. The van der Waals surface area contributed by atoms with Gasteiger partial charge in [0.05, 0.1) is 19.2 Å². The zero-order valence-electron chi connectivity index (χ0n) is 14.9. The lowest BCUT2D eigenvalue weighted by atomic mass is 9.99. The Bertz CT molecular complexity index is 1160. The summed E-state index contributed by atoms with van der Waals surface area (Å²) in [5, 5.41) is 7.56. The fourth-order valence-corrected chi connectivity index (χ4v) is 3.32. The molecule has 0 atom stereocenters. The number of aromatic nitrogens is 3. The van der Waals surface area contributed by atoms with Gasteiger partial charge >= 0.3 is 5.69 Å². The fraction of sp³-hybridized carbons (Fsp3) is 0.200. The van der Waals surface area contributed by atoms with Gasteiger partial charge in [-0.05, 0) is 41.8 Å². The number of ether oxygens (including phenoxy) is 2. The number of pyridine rings is 1. The van der Waals surface area contributed by atoms with Crippen LogP contribution in [0.4, 0.5) is 0 Å². The Morgan fingerprint density at radius 3 is 2.58 bits per heavy atom. The zero-order chi connectivity index (χ0) is 18.3. The third kappa shape index (κ3) is 2.55. The molecular formula is C20H19N3O3. The number of benzene rings is 2. The molecule has 0 fully saturated rings. The van der Waals surface area contributed by atoms with Crippen molar-refractivity contribution in [1.29, 1.82) is 0 Å². The van der Waals surface area contributed by atoms with Gasteiger partial charge in [0, 0.05) is 18.1 Å². The van der Waals surface area contributed by atoms with E-state index in [9.17, 15) is 4.79 Å². The molecule has 2 aromatic heterocycles. The smallest absolute Gasteiger partial charge is 0.348 e. The van der Waals surface area contributed by atoms with Crippen LogP contribution in [0, 0.1) is 6.92 Å². The average Bonchev–Trinajstić information content (AvgIpc) is 3.02. The van der Waals surface area contributed by atoms with Crippen LogP contribution in [0.5, 0.6) is 5.75 Å². The number of H-pyrrole nitrogens is 1.